The van der Waals surface area contributed by atoms with E-state index in [1.165, 1.54) is 24.3 Å². The van der Waals surface area contributed by atoms with Crippen LogP contribution in [-0.4, -0.2) is 41.4 Å². The number of nitrogens with one attached hydrogen (secondary N) is 2. The number of nitro groups is 2. The van der Waals surface area contributed by atoms with Gasteiger partial charge in [-0.15, -0.1) is 0 Å². The van der Waals surface area contributed by atoms with E-state index in [-0.39, 0.29) is 28.5 Å². The number of hydrogen-bond acceptors (Lipinski definition) is 13. The Labute approximate surface area is 180 Å². The molecule has 0 aliphatic carbocycles. The first kappa shape index (κ1) is 21.0. The molecular formula is C17H10FN9O6. The number of hydrazone groups is 1. The van der Waals surface area contributed by atoms with Crippen molar-refractivity contribution in [3.05, 3.63) is 68.0 Å². The van der Waals surface area contributed by atoms with E-state index in [9.17, 15) is 29.7 Å². The summed E-state index contributed by atoms with van der Waals surface area (Å²) in [4.78, 5) is 28.6. The number of benzene rings is 2. The van der Waals surface area contributed by atoms with Crippen LogP contribution in [0.5, 0.6) is 5.75 Å². The number of non-ortho nitro benzene ring substituents is 1. The van der Waals surface area contributed by atoms with Crippen molar-refractivity contribution in [1.29, 1.82) is 0 Å². The van der Waals surface area contributed by atoms with Gasteiger partial charge in [0.25, 0.3) is 5.69 Å². The third kappa shape index (κ3) is 4.43. The molecule has 0 atom stereocenters. The number of rotatable bonds is 7. The summed E-state index contributed by atoms with van der Waals surface area (Å²) in [6.45, 7) is 0. The summed E-state index contributed by atoms with van der Waals surface area (Å²) in [7, 11) is 0. The molecule has 0 aliphatic heterocycles. The van der Waals surface area contributed by atoms with E-state index in [0.29, 0.717) is 11.8 Å². The number of halogens is 1. The first-order valence-electron chi connectivity index (χ1n) is 8.79. The lowest BCUT2D eigenvalue weighted by molar-refractivity contribution is -0.394. The van der Waals surface area contributed by atoms with Gasteiger partial charge in [-0.3, -0.25) is 25.7 Å². The fourth-order valence-corrected chi connectivity index (χ4v) is 2.60. The number of aromatic nitrogens is 4. The maximum Gasteiger partial charge on any atom is 0.318 e. The number of anilines is 3. The molecule has 0 unspecified atom stereocenters. The molecule has 0 aliphatic rings. The summed E-state index contributed by atoms with van der Waals surface area (Å²) in [6.07, 6.45) is 0.921. The molecule has 15 nitrogen and oxygen atoms in total. The second-order valence-corrected chi connectivity index (χ2v) is 6.25. The maximum absolute atomic E-state index is 13.2. The first-order valence-corrected chi connectivity index (χ1v) is 8.79. The molecule has 4 aromatic rings. The van der Waals surface area contributed by atoms with Crippen LogP contribution in [0.15, 0.2) is 46.1 Å². The molecule has 0 bridgehead atoms. The zero-order valence-electron chi connectivity index (χ0n) is 16.0. The highest BCUT2D eigenvalue weighted by atomic mass is 19.1. The topological polar surface area (TPSA) is 208 Å². The van der Waals surface area contributed by atoms with Gasteiger partial charge < -0.3 is 10.4 Å². The Morgan fingerprint density at radius 2 is 1.70 bits per heavy atom. The van der Waals surface area contributed by atoms with E-state index >= 15 is 0 Å². The summed E-state index contributed by atoms with van der Waals surface area (Å²) in [5, 5.41) is 46.0. The average molecular weight is 455 g/mol. The molecule has 0 saturated heterocycles. The molecule has 0 spiro atoms. The van der Waals surface area contributed by atoms with Crippen LogP contribution in [0.2, 0.25) is 0 Å². The largest absolute Gasteiger partial charge is 0.502 e. The van der Waals surface area contributed by atoms with Gasteiger partial charge in [0.05, 0.1) is 27.7 Å². The minimum Gasteiger partial charge on any atom is -0.502 e. The molecule has 3 N–H and O–H groups in total. The molecule has 2 heterocycles. The number of aromatic hydroxyl groups is 1. The number of fused-ring (bicyclic) bond motifs is 1. The molecule has 16 heteroatoms. The van der Waals surface area contributed by atoms with Gasteiger partial charge in [0.1, 0.15) is 5.82 Å². The lowest BCUT2D eigenvalue weighted by Crippen LogP contribution is -2.03. The van der Waals surface area contributed by atoms with Gasteiger partial charge in [0.15, 0.2) is 11.6 Å². The zero-order valence-corrected chi connectivity index (χ0v) is 16.0. The third-order valence-corrected chi connectivity index (χ3v) is 4.11. The van der Waals surface area contributed by atoms with Crippen molar-refractivity contribution in [2.45, 2.75) is 0 Å². The highest BCUT2D eigenvalue weighted by Crippen LogP contribution is 2.33. The van der Waals surface area contributed by atoms with Crippen LogP contribution in [-0.2, 0) is 0 Å². The first-order chi connectivity index (χ1) is 15.8. The number of phenolic OH excluding ortho intramolecular Hbond substituents is 1. The summed E-state index contributed by atoms with van der Waals surface area (Å²) < 4.78 is 17.7. The van der Waals surface area contributed by atoms with E-state index in [1.54, 1.807) is 0 Å². The number of hydrogen-bond donors (Lipinski definition) is 3. The lowest BCUT2D eigenvalue weighted by atomic mass is 10.1. The van der Waals surface area contributed by atoms with Crippen molar-refractivity contribution in [3.63, 3.8) is 0 Å². The summed E-state index contributed by atoms with van der Waals surface area (Å²) >= 11 is 0. The van der Waals surface area contributed by atoms with Gasteiger partial charge in [-0.1, -0.05) is 0 Å². The van der Waals surface area contributed by atoms with Gasteiger partial charge in [0.2, 0.25) is 17.0 Å². The Morgan fingerprint density at radius 1 is 1.03 bits per heavy atom. The van der Waals surface area contributed by atoms with Gasteiger partial charge in [-0.05, 0) is 34.6 Å². The van der Waals surface area contributed by atoms with Crippen LogP contribution < -0.4 is 10.7 Å². The van der Waals surface area contributed by atoms with Crippen molar-refractivity contribution in [2.75, 3.05) is 10.7 Å². The van der Waals surface area contributed by atoms with E-state index in [2.05, 4.69) is 40.8 Å². The maximum atomic E-state index is 13.2. The molecule has 4 rings (SSSR count). The van der Waals surface area contributed by atoms with Crippen molar-refractivity contribution in [1.82, 2.24) is 20.3 Å². The highest BCUT2D eigenvalue weighted by molar-refractivity contribution is 5.88. The van der Waals surface area contributed by atoms with Gasteiger partial charge in [-0.2, -0.15) is 10.1 Å². The average Bonchev–Trinajstić information content (AvgIpc) is 3.23. The standard InChI is InChI=1S/C17H10FN9O6/c18-9-1-3-10(4-2-9)20-14-15(22-17-16(21-14)24-33-25-17)23-19-7-8-5-11(26(29)30)6-12(13(8)28)27(31)32/h1-7,28H,(H,20,21,24)(H,22,23,25)/b19-7+. The minimum atomic E-state index is -0.963. The van der Waals surface area contributed by atoms with E-state index in [4.69, 9.17) is 0 Å². The number of phenols is 1. The normalized spacial score (nSPS) is 11.1. The SMILES string of the molecule is O=[N+]([O-])c1cc(/C=N/Nc2nc3nonc3nc2Nc2ccc(F)cc2)c(O)c([N+](=O)[O-])c1. The van der Waals surface area contributed by atoms with Crippen LogP contribution >= 0.6 is 0 Å². The molecule has 0 fully saturated rings. The van der Waals surface area contributed by atoms with Crippen LogP contribution in [0.25, 0.3) is 11.3 Å². The van der Waals surface area contributed by atoms with E-state index in [0.717, 1.165) is 12.3 Å². The smallest absolute Gasteiger partial charge is 0.318 e. The molecule has 0 radical (unpaired) electrons. The van der Waals surface area contributed by atoms with Crippen molar-refractivity contribution in [2.24, 2.45) is 5.10 Å². The molecular weight excluding hydrogens is 445 g/mol. The molecule has 166 valence electrons. The second-order valence-electron chi connectivity index (χ2n) is 6.25. The van der Waals surface area contributed by atoms with Gasteiger partial charge in [-0.25, -0.2) is 14.0 Å². The summed E-state index contributed by atoms with van der Waals surface area (Å²) in [6, 6.07) is 6.85. The minimum absolute atomic E-state index is 0.0156. The van der Waals surface area contributed by atoms with E-state index in [1.807, 2.05) is 0 Å². The van der Waals surface area contributed by atoms with Gasteiger partial charge >= 0.3 is 5.69 Å². The molecule has 0 amide bonds. The third-order valence-electron chi connectivity index (χ3n) is 4.11. The Kier molecular flexibility index (Phi) is 5.37. The van der Waals surface area contributed by atoms with Crippen LogP contribution in [0, 0.1) is 26.0 Å². The zero-order chi connectivity index (χ0) is 23.5. The predicted molar refractivity (Wildman–Crippen MR) is 110 cm³/mol. The van der Waals surface area contributed by atoms with Crippen LogP contribution in [0.1, 0.15) is 5.56 Å². The Hall–Kier alpha value is -5.28. The molecule has 33 heavy (non-hydrogen) atoms. The number of nitrogens with zero attached hydrogens (tertiary/aromatic N) is 7. The summed E-state index contributed by atoms with van der Waals surface area (Å²) in [5.74, 6) is -1.20. The molecule has 2 aromatic heterocycles. The van der Waals surface area contributed by atoms with Crippen LogP contribution in [0.3, 0.4) is 0 Å². The van der Waals surface area contributed by atoms with Crippen molar-refractivity contribution >= 4 is 46.2 Å². The van der Waals surface area contributed by atoms with Crippen molar-refractivity contribution in [3.8, 4) is 5.75 Å². The Morgan fingerprint density at radius 3 is 2.33 bits per heavy atom. The molecule has 2 aromatic carbocycles. The molecule has 0 saturated carbocycles. The fraction of sp³-hybridized carbons (Fsp3) is 0. The Bertz CT molecular complexity index is 1410. The van der Waals surface area contributed by atoms with Crippen LogP contribution in [0.4, 0.5) is 33.1 Å². The number of nitro benzene ring substituents is 2. The monoisotopic (exact) mass is 455 g/mol. The predicted octanol–water partition coefficient (Wildman–Crippen LogP) is 2.86. The lowest BCUT2D eigenvalue weighted by Gasteiger charge is -2.09. The quantitative estimate of drug-likeness (QED) is 0.209. The van der Waals surface area contributed by atoms with Crippen molar-refractivity contribution < 1.29 is 24.0 Å². The Balaban J connectivity index is 1.67. The second kappa shape index (κ2) is 8.46. The highest BCUT2D eigenvalue weighted by Gasteiger charge is 2.23. The van der Waals surface area contributed by atoms with Gasteiger partial charge in [0, 0.05) is 11.8 Å². The van der Waals surface area contributed by atoms with E-state index < -0.39 is 32.8 Å². The summed E-state index contributed by atoms with van der Waals surface area (Å²) in [5.41, 5.74) is 1.24. The fourth-order valence-electron chi connectivity index (χ4n) is 2.60.